The molecule has 1 heterocycles. The van der Waals surface area contributed by atoms with Crippen LogP contribution in [0.3, 0.4) is 0 Å². The highest BCUT2D eigenvalue weighted by molar-refractivity contribution is 6.46. The molecule has 1 saturated heterocycles. The van der Waals surface area contributed by atoms with Gasteiger partial charge in [0.25, 0.3) is 0 Å². The van der Waals surface area contributed by atoms with Crippen LogP contribution in [-0.4, -0.2) is 37.1 Å². The molecular formula is C9H20B2O4. The van der Waals surface area contributed by atoms with E-state index in [1.54, 1.807) is 6.82 Å². The van der Waals surface area contributed by atoms with Crippen LogP contribution in [0.15, 0.2) is 0 Å². The molecule has 15 heavy (non-hydrogen) atoms. The van der Waals surface area contributed by atoms with Crippen molar-refractivity contribution in [2.24, 2.45) is 0 Å². The Labute approximate surface area is 92.6 Å². The van der Waals surface area contributed by atoms with Gasteiger partial charge in [0.15, 0.2) is 0 Å². The highest BCUT2D eigenvalue weighted by Gasteiger charge is 2.50. The molecule has 4 nitrogen and oxygen atoms in total. The van der Waals surface area contributed by atoms with Crippen LogP contribution >= 0.6 is 0 Å². The first-order chi connectivity index (χ1) is 6.74. The molecule has 1 N–H and O–H groups in total. The van der Waals surface area contributed by atoms with Crippen molar-refractivity contribution in [1.29, 1.82) is 0 Å². The van der Waals surface area contributed by atoms with E-state index in [4.69, 9.17) is 19.0 Å². The molecule has 1 aliphatic heterocycles. The standard InChI is InChI=1S/C9H20B2O4/c1-8(2)9(3,4)15-11(14-8)6-7-13-10(5)12/h12H,6-7H2,1-5H3. The van der Waals surface area contributed by atoms with Gasteiger partial charge in [-0.15, -0.1) is 0 Å². The molecule has 1 aliphatic rings. The maximum absolute atomic E-state index is 8.93. The molecular weight excluding hydrogens is 194 g/mol. The first-order valence-corrected chi connectivity index (χ1v) is 5.40. The number of hydrogen-bond acceptors (Lipinski definition) is 4. The fourth-order valence-electron chi connectivity index (χ4n) is 1.42. The summed E-state index contributed by atoms with van der Waals surface area (Å²) in [6.07, 6.45) is 0.637. The summed E-state index contributed by atoms with van der Waals surface area (Å²) in [4.78, 5) is 0. The van der Waals surface area contributed by atoms with E-state index in [-0.39, 0.29) is 18.3 Å². The van der Waals surface area contributed by atoms with E-state index in [2.05, 4.69) is 0 Å². The summed E-state index contributed by atoms with van der Waals surface area (Å²) in [5, 5.41) is 8.93. The predicted octanol–water partition coefficient (Wildman–Crippen LogP) is 1.21. The molecule has 1 rings (SSSR count). The lowest BCUT2D eigenvalue weighted by Crippen LogP contribution is -2.41. The van der Waals surface area contributed by atoms with Crippen LogP contribution in [0.1, 0.15) is 27.7 Å². The van der Waals surface area contributed by atoms with Crippen LogP contribution in [-0.2, 0) is 14.0 Å². The predicted molar refractivity (Wildman–Crippen MR) is 60.7 cm³/mol. The van der Waals surface area contributed by atoms with E-state index in [1.807, 2.05) is 27.7 Å². The first-order valence-electron chi connectivity index (χ1n) is 5.40. The van der Waals surface area contributed by atoms with Gasteiger partial charge in [0.05, 0.1) is 11.2 Å². The molecule has 0 aliphatic carbocycles. The third-order valence-electron chi connectivity index (χ3n) is 3.01. The van der Waals surface area contributed by atoms with Crippen molar-refractivity contribution in [1.82, 2.24) is 0 Å². The second-order valence-electron chi connectivity index (χ2n) is 4.94. The Kier molecular flexibility index (Phi) is 3.87. The van der Waals surface area contributed by atoms with Crippen molar-refractivity contribution in [3.8, 4) is 0 Å². The van der Waals surface area contributed by atoms with Gasteiger partial charge in [-0.25, -0.2) is 0 Å². The molecule has 0 spiro atoms. The van der Waals surface area contributed by atoms with Gasteiger partial charge in [0.2, 0.25) is 0 Å². The van der Waals surface area contributed by atoms with Gasteiger partial charge in [-0.3, -0.25) is 0 Å². The van der Waals surface area contributed by atoms with E-state index in [1.165, 1.54) is 0 Å². The summed E-state index contributed by atoms with van der Waals surface area (Å²) in [6.45, 7) is 10.1. The van der Waals surface area contributed by atoms with E-state index < -0.39 is 7.12 Å². The van der Waals surface area contributed by atoms with Crippen molar-refractivity contribution in [3.05, 3.63) is 0 Å². The summed E-state index contributed by atoms with van der Waals surface area (Å²) >= 11 is 0. The Balaban J connectivity index is 2.36. The molecule has 0 atom stereocenters. The van der Waals surface area contributed by atoms with Gasteiger partial charge in [0.1, 0.15) is 0 Å². The minimum absolute atomic E-state index is 0.242. The summed E-state index contributed by atoms with van der Waals surface area (Å²) in [5.74, 6) is 0. The minimum Gasteiger partial charge on any atom is -0.427 e. The Bertz CT molecular complexity index is 202. The first kappa shape index (κ1) is 13.0. The zero-order chi connectivity index (χ0) is 11.7. The highest BCUT2D eigenvalue weighted by atomic mass is 16.7. The van der Waals surface area contributed by atoms with Crippen LogP contribution in [0.25, 0.3) is 0 Å². The van der Waals surface area contributed by atoms with Crippen LogP contribution in [0.2, 0.25) is 13.1 Å². The Morgan fingerprint density at radius 2 is 1.67 bits per heavy atom. The third kappa shape index (κ3) is 3.21. The summed E-state index contributed by atoms with van der Waals surface area (Å²) < 4.78 is 16.6. The molecule has 0 aromatic rings. The average Bonchev–Trinajstić information content (AvgIpc) is 2.19. The van der Waals surface area contributed by atoms with Crippen LogP contribution in [0.5, 0.6) is 0 Å². The van der Waals surface area contributed by atoms with E-state index in [9.17, 15) is 0 Å². The molecule has 0 radical (unpaired) electrons. The van der Waals surface area contributed by atoms with Crippen molar-refractivity contribution in [2.45, 2.75) is 52.0 Å². The monoisotopic (exact) mass is 214 g/mol. The number of hydrogen-bond donors (Lipinski definition) is 1. The van der Waals surface area contributed by atoms with E-state index >= 15 is 0 Å². The van der Waals surface area contributed by atoms with Gasteiger partial charge in [-0.1, -0.05) is 0 Å². The van der Waals surface area contributed by atoms with Crippen molar-refractivity contribution >= 4 is 14.2 Å². The van der Waals surface area contributed by atoms with Gasteiger partial charge in [-0.2, -0.15) is 0 Å². The Morgan fingerprint density at radius 3 is 2.07 bits per heavy atom. The smallest absolute Gasteiger partial charge is 0.427 e. The second-order valence-corrected chi connectivity index (χ2v) is 4.94. The minimum atomic E-state index is -0.729. The van der Waals surface area contributed by atoms with Crippen molar-refractivity contribution in [3.63, 3.8) is 0 Å². The van der Waals surface area contributed by atoms with Crippen LogP contribution < -0.4 is 0 Å². The molecule has 0 amide bonds. The van der Waals surface area contributed by atoms with Gasteiger partial charge in [0, 0.05) is 12.9 Å². The lowest BCUT2D eigenvalue weighted by molar-refractivity contribution is 0.00578. The van der Waals surface area contributed by atoms with Crippen molar-refractivity contribution in [2.75, 3.05) is 6.61 Å². The Hall–Kier alpha value is -0.0301. The molecule has 86 valence electrons. The summed E-state index contributed by atoms with van der Waals surface area (Å²) in [7, 11) is -0.971. The van der Waals surface area contributed by atoms with Gasteiger partial charge < -0.3 is 19.0 Å². The normalized spacial score (nSPS) is 23.2. The zero-order valence-corrected chi connectivity index (χ0v) is 10.2. The maximum atomic E-state index is 8.93. The molecule has 0 saturated carbocycles. The molecule has 0 aromatic carbocycles. The summed E-state index contributed by atoms with van der Waals surface area (Å²) in [5.41, 5.74) is -0.578. The largest absolute Gasteiger partial charge is 0.460 e. The highest BCUT2D eigenvalue weighted by Crippen LogP contribution is 2.37. The van der Waals surface area contributed by atoms with Crippen molar-refractivity contribution < 1.29 is 19.0 Å². The fourth-order valence-corrected chi connectivity index (χ4v) is 1.42. The third-order valence-corrected chi connectivity index (χ3v) is 3.01. The van der Waals surface area contributed by atoms with Crippen LogP contribution in [0.4, 0.5) is 0 Å². The average molecular weight is 214 g/mol. The summed E-state index contributed by atoms with van der Waals surface area (Å²) in [6, 6.07) is 0. The topological polar surface area (TPSA) is 47.9 Å². The second kappa shape index (κ2) is 4.45. The molecule has 1 fully saturated rings. The number of rotatable bonds is 4. The quantitative estimate of drug-likeness (QED) is 0.714. The lowest BCUT2D eigenvalue weighted by Gasteiger charge is -2.32. The van der Waals surface area contributed by atoms with Crippen LogP contribution in [0, 0.1) is 0 Å². The van der Waals surface area contributed by atoms with Gasteiger partial charge >= 0.3 is 14.2 Å². The fraction of sp³-hybridized carbons (Fsp3) is 1.00. The molecule has 0 unspecified atom stereocenters. The van der Waals surface area contributed by atoms with E-state index in [0.29, 0.717) is 12.9 Å². The molecule has 0 bridgehead atoms. The molecule has 0 aromatic heterocycles. The van der Waals surface area contributed by atoms with E-state index in [0.717, 1.165) is 0 Å². The van der Waals surface area contributed by atoms with Gasteiger partial charge in [-0.05, 0) is 34.5 Å². The Morgan fingerprint density at radius 1 is 1.20 bits per heavy atom. The maximum Gasteiger partial charge on any atom is 0.460 e. The SMILES string of the molecule is CB(O)OCCB1OC(C)(C)C(C)(C)O1. The molecule has 6 heteroatoms. The zero-order valence-electron chi connectivity index (χ0n) is 10.2. The lowest BCUT2D eigenvalue weighted by atomic mass is 9.85.